The van der Waals surface area contributed by atoms with E-state index in [-0.39, 0.29) is 5.69 Å². The molecule has 1 fully saturated rings. The molecule has 0 amide bonds. The second-order valence-electron chi connectivity index (χ2n) is 4.21. The predicted molar refractivity (Wildman–Crippen MR) is 66.6 cm³/mol. The summed E-state index contributed by atoms with van der Waals surface area (Å²) < 4.78 is 4.66. The van der Waals surface area contributed by atoms with Gasteiger partial charge >= 0.3 is 5.97 Å². The van der Waals surface area contributed by atoms with Gasteiger partial charge < -0.3 is 9.64 Å². The van der Waals surface area contributed by atoms with E-state index in [0.717, 1.165) is 25.2 Å². The number of hydrogen-bond acceptors (Lipinski definition) is 4. The molecule has 1 aromatic heterocycles. The van der Waals surface area contributed by atoms with E-state index in [1.807, 2.05) is 0 Å². The minimum atomic E-state index is -0.458. The van der Waals surface area contributed by atoms with Gasteiger partial charge in [0.2, 0.25) is 0 Å². The van der Waals surface area contributed by atoms with Crippen molar-refractivity contribution in [3.05, 3.63) is 22.8 Å². The van der Waals surface area contributed by atoms with Crippen molar-refractivity contribution < 1.29 is 9.53 Å². The average Bonchev–Trinajstić information content (AvgIpc) is 2.73. The first kappa shape index (κ1) is 12.2. The summed E-state index contributed by atoms with van der Waals surface area (Å²) in [5, 5.41) is 0.509. The van der Waals surface area contributed by atoms with Crippen molar-refractivity contribution in [2.24, 2.45) is 0 Å². The zero-order valence-corrected chi connectivity index (χ0v) is 10.7. The van der Waals surface area contributed by atoms with Crippen molar-refractivity contribution in [3.63, 3.8) is 0 Å². The lowest BCUT2D eigenvalue weighted by atomic mass is 10.2. The fraction of sp³-hybridized carbons (Fsp3) is 0.500. The van der Waals surface area contributed by atoms with E-state index in [1.54, 1.807) is 6.07 Å². The average molecular weight is 255 g/mol. The van der Waals surface area contributed by atoms with Crippen LogP contribution in [0.3, 0.4) is 0 Å². The van der Waals surface area contributed by atoms with Gasteiger partial charge in [-0.2, -0.15) is 0 Å². The van der Waals surface area contributed by atoms with E-state index >= 15 is 0 Å². The molecule has 1 unspecified atom stereocenters. The largest absolute Gasteiger partial charge is 0.464 e. The maximum absolute atomic E-state index is 11.5. The van der Waals surface area contributed by atoms with Crippen molar-refractivity contribution in [3.8, 4) is 0 Å². The normalized spacial score (nSPS) is 19.5. The summed E-state index contributed by atoms with van der Waals surface area (Å²) in [6.07, 6.45) is 2.28. The summed E-state index contributed by atoms with van der Waals surface area (Å²) in [6, 6.07) is 3.75. The molecule has 1 saturated heterocycles. The van der Waals surface area contributed by atoms with Crippen molar-refractivity contribution in [2.45, 2.75) is 25.8 Å². The molecule has 17 heavy (non-hydrogen) atoms. The van der Waals surface area contributed by atoms with Gasteiger partial charge in [0.05, 0.1) is 7.11 Å². The van der Waals surface area contributed by atoms with E-state index < -0.39 is 5.97 Å². The Hall–Kier alpha value is -1.29. The molecular weight excluding hydrogens is 240 g/mol. The Balaban J connectivity index is 2.34. The predicted octanol–water partition coefficient (Wildman–Crippen LogP) is 2.51. The third-order valence-electron chi connectivity index (χ3n) is 3.02. The Kier molecular flexibility index (Phi) is 3.52. The minimum absolute atomic E-state index is 0.258. The van der Waals surface area contributed by atoms with Gasteiger partial charge in [0.15, 0.2) is 5.69 Å². The Morgan fingerprint density at radius 2 is 2.35 bits per heavy atom. The minimum Gasteiger partial charge on any atom is -0.464 e. The van der Waals surface area contributed by atoms with Crippen LogP contribution in [0.5, 0.6) is 0 Å². The lowest BCUT2D eigenvalue weighted by Gasteiger charge is -2.23. The first-order valence-electron chi connectivity index (χ1n) is 5.64. The Labute approximate surface area is 106 Å². The lowest BCUT2D eigenvalue weighted by Crippen LogP contribution is -2.27. The molecular formula is C12H15ClN2O2. The molecule has 1 atom stereocenters. The first-order chi connectivity index (χ1) is 8.11. The maximum Gasteiger partial charge on any atom is 0.356 e. The number of hydrogen-bond donors (Lipinski definition) is 0. The molecule has 0 saturated carbocycles. The number of anilines is 1. The fourth-order valence-electron chi connectivity index (χ4n) is 2.11. The number of nitrogens with zero attached hydrogens (tertiary/aromatic N) is 2. The number of aromatic nitrogens is 1. The van der Waals surface area contributed by atoms with Gasteiger partial charge in [-0.15, -0.1) is 0 Å². The van der Waals surface area contributed by atoms with Crippen LogP contribution in [0.25, 0.3) is 0 Å². The molecule has 2 heterocycles. The highest BCUT2D eigenvalue weighted by Crippen LogP contribution is 2.26. The van der Waals surface area contributed by atoms with Crippen LogP contribution in [0.2, 0.25) is 5.02 Å². The second-order valence-corrected chi connectivity index (χ2v) is 4.64. The van der Waals surface area contributed by atoms with E-state index in [0.29, 0.717) is 11.1 Å². The highest BCUT2D eigenvalue weighted by atomic mass is 35.5. The van der Waals surface area contributed by atoms with Crippen LogP contribution >= 0.6 is 11.6 Å². The highest BCUT2D eigenvalue weighted by molar-refractivity contribution is 6.31. The molecule has 1 aliphatic heterocycles. The highest BCUT2D eigenvalue weighted by Gasteiger charge is 2.23. The molecule has 0 bridgehead atoms. The summed E-state index contributed by atoms with van der Waals surface area (Å²) in [5.41, 5.74) is 0.258. The zero-order valence-electron chi connectivity index (χ0n) is 9.94. The van der Waals surface area contributed by atoms with Gasteiger partial charge in [0.1, 0.15) is 5.82 Å². The Bertz CT molecular complexity index is 437. The van der Waals surface area contributed by atoms with Crippen molar-refractivity contribution in [1.29, 1.82) is 0 Å². The zero-order chi connectivity index (χ0) is 12.4. The molecule has 0 aliphatic carbocycles. The van der Waals surface area contributed by atoms with Gasteiger partial charge in [0, 0.05) is 17.6 Å². The van der Waals surface area contributed by atoms with Gasteiger partial charge in [-0.25, -0.2) is 9.78 Å². The third-order valence-corrected chi connectivity index (χ3v) is 3.24. The summed E-state index contributed by atoms with van der Waals surface area (Å²) in [7, 11) is 1.34. The summed E-state index contributed by atoms with van der Waals surface area (Å²) in [4.78, 5) is 17.9. The molecule has 1 aliphatic rings. The third kappa shape index (κ3) is 2.52. The standard InChI is InChI=1S/C12H15ClN2O2/c1-8-4-3-5-15(8)11-7-9(13)6-10(14-11)12(16)17-2/h6-8H,3-5H2,1-2H3. The molecule has 4 nitrogen and oxygen atoms in total. The smallest absolute Gasteiger partial charge is 0.356 e. The molecule has 1 aromatic rings. The summed E-state index contributed by atoms with van der Waals surface area (Å²) >= 11 is 6.00. The SMILES string of the molecule is COC(=O)c1cc(Cl)cc(N2CCCC2C)n1. The molecule has 0 radical (unpaired) electrons. The number of methoxy groups -OCH3 is 1. The number of ether oxygens (including phenoxy) is 1. The van der Waals surface area contributed by atoms with E-state index in [2.05, 4.69) is 21.5 Å². The Morgan fingerprint density at radius 3 is 2.94 bits per heavy atom. The second kappa shape index (κ2) is 4.92. The number of pyridine rings is 1. The fourth-order valence-corrected chi connectivity index (χ4v) is 2.31. The molecule has 2 rings (SSSR count). The number of carbonyl (C=O) groups is 1. The maximum atomic E-state index is 11.5. The van der Waals surface area contributed by atoms with Gasteiger partial charge in [-0.1, -0.05) is 11.6 Å². The molecule has 0 aromatic carbocycles. The van der Waals surface area contributed by atoms with Crippen molar-refractivity contribution in [1.82, 2.24) is 4.98 Å². The van der Waals surface area contributed by atoms with E-state index in [4.69, 9.17) is 11.6 Å². The van der Waals surface area contributed by atoms with Crippen LogP contribution in [-0.2, 0) is 4.74 Å². The molecule has 0 spiro atoms. The topological polar surface area (TPSA) is 42.4 Å². The quantitative estimate of drug-likeness (QED) is 0.761. The van der Waals surface area contributed by atoms with Gasteiger partial charge in [-0.05, 0) is 31.9 Å². The number of rotatable bonds is 2. The van der Waals surface area contributed by atoms with E-state index in [1.165, 1.54) is 13.2 Å². The van der Waals surface area contributed by atoms with Crippen molar-refractivity contribution in [2.75, 3.05) is 18.6 Å². The number of esters is 1. The number of carbonyl (C=O) groups excluding carboxylic acids is 1. The monoisotopic (exact) mass is 254 g/mol. The van der Waals surface area contributed by atoms with Crippen molar-refractivity contribution >= 4 is 23.4 Å². The molecule has 0 N–H and O–H groups in total. The first-order valence-corrected chi connectivity index (χ1v) is 6.02. The van der Waals surface area contributed by atoms with Crippen LogP contribution in [-0.4, -0.2) is 30.6 Å². The van der Waals surface area contributed by atoms with E-state index in [9.17, 15) is 4.79 Å². The van der Waals surface area contributed by atoms with Crippen LogP contribution in [0.4, 0.5) is 5.82 Å². The summed E-state index contributed by atoms with van der Waals surface area (Å²) in [6.45, 7) is 3.10. The number of halogens is 1. The van der Waals surface area contributed by atoms with Crippen LogP contribution in [0.15, 0.2) is 12.1 Å². The lowest BCUT2D eigenvalue weighted by molar-refractivity contribution is 0.0594. The van der Waals surface area contributed by atoms with Gasteiger partial charge in [0.25, 0.3) is 0 Å². The molecule has 5 heteroatoms. The molecule has 92 valence electrons. The Morgan fingerprint density at radius 1 is 1.59 bits per heavy atom. The summed E-state index contributed by atoms with van der Waals surface area (Å²) in [5.74, 6) is 0.295. The van der Waals surface area contributed by atoms with Gasteiger partial charge in [-0.3, -0.25) is 0 Å². The van der Waals surface area contributed by atoms with Crippen LogP contribution in [0.1, 0.15) is 30.3 Å². The van der Waals surface area contributed by atoms with Crippen LogP contribution < -0.4 is 4.90 Å². The van der Waals surface area contributed by atoms with Crippen LogP contribution in [0, 0.1) is 0 Å².